The van der Waals surface area contributed by atoms with Crippen molar-refractivity contribution in [1.29, 1.82) is 0 Å². The summed E-state index contributed by atoms with van der Waals surface area (Å²) in [5.74, 6) is -1.56. The SMILES string of the molecule is COC(=O)C=Cc1ccc(Sc2ccc(C=CC(=O)OC)cc2C(F)(F)F)c(C(F)(F)F)c1. The molecule has 2 rings (SSSR count). The van der Waals surface area contributed by atoms with Crippen molar-refractivity contribution >= 4 is 35.9 Å². The normalized spacial score (nSPS) is 12.4. The van der Waals surface area contributed by atoms with E-state index in [0.717, 1.165) is 62.8 Å². The fourth-order valence-corrected chi connectivity index (χ4v) is 3.58. The summed E-state index contributed by atoms with van der Waals surface area (Å²) in [5, 5.41) is 0. The zero-order valence-electron chi connectivity index (χ0n) is 17.1. The highest BCUT2D eigenvalue weighted by molar-refractivity contribution is 7.99. The number of ether oxygens (including phenoxy) is 2. The minimum absolute atomic E-state index is 0.0106. The maximum absolute atomic E-state index is 13.6. The van der Waals surface area contributed by atoms with E-state index < -0.39 is 45.2 Å². The van der Waals surface area contributed by atoms with Crippen LogP contribution in [-0.2, 0) is 31.4 Å². The molecule has 11 heteroatoms. The van der Waals surface area contributed by atoms with E-state index in [2.05, 4.69) is 9.47 Å². The fraction of sp³-hybridized carbons (Fsp3) is 0.182. The van der Waals surface area contributed by atoms with Gasteiger partial charge in [-0.25, -0.2) is 9.59 Å². The van der Waals surface area contributed by atoms with Gasteiger partial charge in [-0.05, 0) is 47.5 Å². The predicted octanol–water partition coefficient (Wildman–Crippen LogP) is 6.25. The third-order valence-electron chi connectivity index (χ3n) is 4.06. The van der Waals surface area contributed by atoms with Gasteiger partial charge in [0.15, 0.2) is 0 Å². The van der Waals surface area contributed by atoms with Gasteiger partial charge >= 0.3 is 24.3 Å². The fourth-order valence-electron chi connectivity index (χ4n) is 2.51. The molecule has 0 heterocycles. The van der Waals surface area contributed by atoms with Gasteiger partial charge in [0.2, 0.25) is 0 Å². The third-order valence-corrected chi connectivity index (χ3v) is 5.22. The van der Waals surface area contributed by atoms with Gasteiger partial charge in [0.05, 0.1) is 25.3 Å². The van der Waals surface area contributed by atoms with E-state index in [4.69, 9.17) is 0 Å². The lowest BCUT2D eigenvalue weighted by atomic mass is 10.1. The third kappa shape index (κ3) is 7.41. The first-order valence-corrected chi connectivity index (χ1v) is 9.79. The molecule has 176 valence electrons. The molecule has 0 aliphatic carbocycles. The second-order valence-electron chi connectivity index (χ2n) is 6.32. The van der Waals surface area contributed by atoms with Gasteiger partial charge < -0.3 is 9.47 Å². The molecule has 0 aliphatic heterocycles. The Bertz CT molecular complexity index is 1000. The van der Waals surface area contributed by atoms with Crippen molar-refractivity contribution in [2.45, 2.75) is 22.1 Å². The summed E-state index contributed by atoms with van der Waals surface area (Å²) in [6.07, 6.45) is -5.69. The number of hydrogen-bond donors (Lipinski definition) is 0. The van der Waals surface area contributed by atoms with Crippen molar-refractivity contribution in [1.82, 2.24) is 0 Å². The van der Waals surface area contributed by atoms with Crippen molar-refractivity contribution in [3.05, 3.63) is 70.8 Å². The van der Waals surface area contributed by atoms with E-state index in [1.807, 2.05) is 0 Å². The van der Waals surface area contributed by atoms with Crippen LogP contribution < -0.4 is 0 Å². The molecule has 0 saturated heterocycles. The molecular weight excluding hydrogens is 474 g/mol. The van der Waals surface area contributed by atoms with E-state index in [-0.39, 0.29) is 11.1 Å². The first-order chi connectivity index (χ1) is 15.3. The molecule has 0 atom stereocenters. The molecule has 33 heavy (non-hydrogen) atoms. The number of alkyl halides is 6. The lowest BCUT2D eigenvalue weighted by Crippen LogP contribution is -2.09. The number of carbonyl (C=O) groups is 2. The molecule has 0 spiro atoms. The van der Waals surface area contributed by atoms with Gasteiger partial charge in [-0.15, -0.1) is 0 Å². The van der Waals surface area contributed by atoms with E-state index in [1.54, 1.807) is 0 Å². The van der Waals surface area contributed by atoms with Crippen LogP contribution in [-0.4, -0.2) is 26.2 Å². The summed E-state index contributed by atoms with van der Waals surface area (Å²) in [6.45, 7) is 0. The van der Waals surface area contributed by atoms with Crippen LogP contribution in [0.3, 0.4) is 0 Å². The molecule has 0 unspecified atom stereocenters. The smallest absolute Gasteiger partial charge is 0.417 e. The lowest BCUT2D eigenvalue weighted by Gasteiger charge is -2.17. The van der Waals surface area contributed by atoms with Gasteiger partial charge in [0.25, 0.3) is 0 Å². The first kappa shape index (κ1) is 26.0. The molecule has 0 aromatic heterocycles. The van der Waals surface area contributed by atoms with Crippen LogP contribution in [0.4, 0.5) is 26.3 Å². The second-order valence-corrected chi connectivity index (χ2v) is 7.41. The molecule has 0 bridgehead atoms. The number of carbonyl (C=O) groups excluding carboxylic acids is 2. The Morgan fingerprint density at radius 1 is 0.727 bits per heavy atom. The summed E-state index contributed by atoms with van der Waals surface area (Å²) in [6, 6.07) is 5.96. The summed E-state index contributed by atoms with van der Waals surface area (Å²) in [7, 11) is 2.20. The number of halogens is 6. The van der Waals surface area contributed by atoms with Gasteiger partial charge in [0, 0.05) is 21.9 Å². The largest absolute Gasteiger partial charge is 0.466 e. The molecule has 4 nitrogen and oxygen atoms in total. The van der Waals surface area contributed by atoms with Gasteiger partial charge in [0.1, 0.15) is 0 Å². The molecule has 0 aliphatic rings. The molecule has 0 fully saturated rings. The Morgan fingerprint density at radius 3 is 1.39 bits per heavy atom. The minimum atomic E-state index is -4.86. The van der Waals surface area contributed by atoms with Crippen molar-refractivity contribution in [2.75, 3.05) is 14.2 Å². The Balaban J connectivity index is 2.50. The molecule has 0 N–H and O–H groups in total. The maximum Gasteiger partial charge on any atom is 0.417 e. The predicted molar refractivity (Wildman–Crippen MR) is 109 cm³/mol. The number of rotatable bonds is 6. The van der Waals surface area contributed by atoms with Gasteiger partial charge in [-0.1, -0.05) is 23.9 Å². The van der Waals surface area contributed by atoms with Crippen LogP contribution in [0.15, 0.2) is 58.3 Å². The van der Waals surface area contributed by atoms with Gasteiger partial charge in [-0.2, -0.15) is 26.3 Å². The average molecular weight is 490 g/mol. The van der Waals surface area contributed by atoms with E-state index in [9.17, 15) is 35.9 Å². The van der Waals surface area contributed by atoms with Crippen LogP contribution in [0.2, 0.25) is 0 Å². The summed E-state index contributed by atoms with van der Waals surface area (Å²) < 4.78 is 90.4. The lowest BCUT2D eigenvalue weighted by molar-refractivity contribution is -0.140. The number of benzene rings is 2. The van der Waals surface area contributed by atoms with Crippen molar-refractivity contribution in [3.8, 4) is 0 Å². The van der Waals surface area contributed by atoms with Crippen LogP contribution in [0.1, 0.15) is 22.3 Å². The summed E-state index contributed by atoms with van der Waals surface area (Å²) in [5.41, 5.74) is -2.31. The number of hydrogen-bond acceptors (Lipinski definition) is 5. The monoisotopic (exact) mass is 490 g/mol. The molecule has 0 radical (unpaired) electrons. The quantitative estimate of drug-likeness (QED) is 0.272. The molecule has 0 saturated carbocycles. The molecule has 0 amide bonds. The molecule has 2 aromatic rings. The Labute approximate surface area is 188 Å². The van der Waals surface area contributed by atoms with Gasteiger partial charge in [-0.3, -0.25) is 0 Å². The van der Waals surface area contributed by atoms with Crippen molar-refractivity contribution in [3.63, 3.8) is 0 Å². The standard InChI is InChI=1S/C22H16F6O4S/c1-31-19(29)9-5-13-3-7-17(15(11-13)21(23,24)25)33-18-8-4-14(6-10-20(30)32-2)12-16(18)22(26,27)28/h3-12H,1-2H3. The Kier molecular flexibility index (Phi) is 8.37. The Hall–Kier alpha value is -3.21. The Morgan fingerprint density at radius 2 is 1.09 bits per heavy atom. The highest BCUT2D eigenvalue weighted by Crippen LogP contribution is 2.44. The molecular formula is C22H16F6O4S. The molecule has 2 aromatic carbocycles. The highest BCUT2D eigenvalue weighted by Gasteiger charge is 2.37. The zero-order chi connectivity index (χ0) is 24.8. The minimum Gasteiger partial charge on any atom is -0.466 e. The van der Waals surface area contributed by atoms with E-state index in [1.165, 1.54) is 12.1 Å². The summed E-state index contributed by atoms with van der Waals surface area (Å²) >= 11 is 0.298. The first-order valence-electron chi connectivity index (χ1n) is 8.97. The number of esters is 2. The number of methoxy groups -OCH3 is 2. The maximum atomic E-state index is 13.6. The van der Waals surface area contributed by atoms with Crippen LogP contribution in [0.25, 0.3) is 12.2 Å². The van der Waals surface area contributed by atoms with Crippen molar-refractivity contribution < 1.29 is 45.4 Å². The van der Waals surface area contributed by atoms with Crippen LogP contribution in [0, 0.1) is 0 Å². The van der Waals surface area contributed by atoms with Crippen LogP contribution >= 0.6 is 11.8 Å². The second kappa shape index (κ2) is 10.6. The average Bonchev–Trinajstić information content (AvgIpc) is 2.75. The highest BCUT2D eigenvalue weighted by atomic mass is 32.2. The topological polar surface area (TPSA) is 52.6 Å². The zero-order valence-corrected chi connectivity index (χ0v) is 17.9. The van der Waals surface area contributed by atoms with E-state index in [0.29, 0.717) is 11.8 Å². The van der Waals surface area contributed by atoms with Crippen molar-refractivity contribution in [2.24, 2.45) is 0 Å². The summed E-state index contributed by atoms with van der Waals surface area (Å²) in [4.78, 5) is 21.4. The van der Waals surface area contributed by atoms with Crippen LogP contribution in [0.5, 0.6) is 0 Å². The van der Waals surface area contributed by atoms with E-state index >= 15 is 0 Å².